The highest BCUT2D eigenvalue weighted by Crippen LogP contribution is 2.31. The standard InChI is InChI=1S/C32H42N8O3/c1-2-24-30(35-18-26(32(42)43)34-17-23-10-8-21-5-3-7-27(41)28(21)38-23)36-19-37-31(24)40-15-12-20(13-16-40)25-11-9-22-6-4-14-33-29(22)39-25/h3,5,7-9,11,20,23,26,34-36,41H,2,4,6,10,12-19H2,1H3,(H,33,39)(H,42,43)/t23?,26-/m0/s1. The molecule has 4 aliphatic rings. The molecule has 43 heavy (non-hydrogen) atoms. The second-order valence-electron chi connectivity index (χ2n) is 11.7. The van der Waals surface area contributed by atoms with E-state index in [4.69, 9.17) is 9.98 Å². The molecule has 2 atom stereocenters. The molecule has 6 rings (SSSR count). The summed E-state index contributed by atoms with van der Waals surface area (Å²) in [7, 11) is 0. The van der Waals surface area contributed by atoms with Gasteiger partial charge < -0.3 is 36.4 Å². The number of para-hydroxylation sites is 1. The van der Waals surface area contributed by atoms with E-state index in [1.807, 2.05) is 12.1 Å². The fourth-order valence-corrected chi connectivity index (χ4v) is 6.47. The Hall–Kier alpha value is -4.12. The van der Waals surface area contributed by atoms with E-state index in [9.17, 15) is 15.0 Å². The number of hydrogen-bond donors (Lipinski definition) is 6. The van der Waals surface area contributed by atoms with Gasteiger partial charge in [0.1, 0.15) is 41.3 Å². The maximum atomic E-state index is 12.1. The number of nitrogens with one attached hydrogen (secondary N) is 4. The van der Waals surface area contributed by atoms with Crippen LogP contribution >= 0.6 is 0 Å². The summed E-state index contributed by atoms with van der Waals surface area (Å²) in [5, 5.41) is 34.9. The van der Waals surface area contributed by atoms with Crippen molar-refractivity contribution in [3.05, 3.63) is 63.6 Å². The second-order valence-corrected chi connectivity index (χ2v) is 11.7. The molecule has 1 fully saturated rings. The second kappa shape index (κ2) is 13.0. The number of aromatic nitrogens is 1. The van der Waals surface area contributed by atoms with Crippen molar-refractivity contribution in [1.82, 2.24) is 25.8 Å². The summed E-state index contributed by atoms with van der Waals surface area (Å²) in [6.45, 7) is 5.98. The average molecular weight is 587 g/mol. The molecule has 11 heteroatoms. The number of fused-ring (bicyclic) bond motifs is 2. The van der Waals surface area contributed by atoms with Crippen molar-refractivity contribution in [2.75, 3.05) is 44.7 Å². The Balaban J connectivity index is 1.06. The number of benzene rings is 1. The number of anilines is 1. The lowest BCUT2D eigenvalue weighted by Gasteiger charge is -2.37. The molecule has 0 amide bonds. The number of rotatable bonds is 9. The van der Waals surface area contributed by atoms with E-state index in [0.717, 1.165) is 80.0 Å². The van der Waals surface area contributed by atoms with Gasteiger partial charge in [-0.15, -0.1) is 0 Å². The molecule has 228 valence electrons. The molecule has 1 aromatic heterocycles. The van der Waals surface area contributed by atoms with Crippen LogP contribution in [-0.2, 0) is 11.2 Å². The molecule has 0 spiro atoms. The largest absolute Gasteiger partial charge is 0.506 e. The summed E-state index contributed by atoms with van der Waals surface area (Å²) in [6.07, 6.45) is 7.81. The first-order valence-corrected chi connectivity index (χ1v) is 15.6. The molecule has 0 radical (unpaired) electrons. The average Bonchev–Trinajstić information content (AvgIpc) is 3.04. The van der Waals surface area contributed by atoms with Gasteiger partial charge in [-0.1, -0.05) is 31.2 Å². The number of carboxylic acids is 1. The monoisotopic (exact) mass is 586 g/mol. The predicted molar refractivity (Wildman–Crippen MR) is 167 cm³/mol. The zero-order valence-electron chi connectivity index (χ0n) is 24.8. The summed E-state index contributed by atoms with van der Waals surface area (Å²) in [5.41, 5.74) is 3.58. The zero-order valence-corrected chi connectivity index (χ0v) is 24.8. The van der Waals surface area contributed by atoms with Gasteiger partial charge in [-0.25, -0.2) is 9.98 Å². The summed E-state index contributed by atoms with van der Waals surface area (Å²) in [5.74, 6) is 2.56. The van der Waals surface area contributed by atoms with Crippen molar-refractivity contribution < 1.29 is 15.0 Å². The predicted octanol–water partition coefficient (Wildman–Crippen LogP) is 1.41. The highest BCUT2D eigenvalue weighted by atomic mass is 16.4. The number of phenols is 1. The van der Waals surface area contributed by atoms with E-state index in [-0.39, 0.29) is 18.3 Å². The Morgan fingerprint density at radius 1 is 1.19 bits per heavy atom. The van der Waals surface area contributed by atoms with E-state index in [1.54, 1.807) is 12.1 Å². The molecular formula is C32H42N8O3. The zero-order chi connectivity index (χ0) is 29.8. The van der Waals surface area contributed by atoms with Crippen molar-refractivity contribution >= 4 is 23.7 Å². The number of piperidine rings is 1. The maximum absolute atomic E-state index is 12.1. The van der Waals surface area contributed by atoms with E-state index < -0.39 is 12.0 Å². The minimum Gasteiger partial charge on any atom is -0.506 e. The van der Waals surface area contributed by atoms with Gasteiger partial charge in [0.2, 0.25) is 0 Å². The number of likely N-dealkylation sites (tertiary alicyclic amines) is 1. The number of aromatic hydroxyl groups is 1. The number of nitrogens with zero attached hydrogens (tertiary/aromatic N) is 4. The Labute approximate surface area is 251 Å². The number of aryl methyl sites for hydroxylation is 1. The molecule has 0 bridgehead atoms. The number of carbonyl (C=O) groups is 1. The number of aliphatic imine (C=N–C) groups is 1. The summed E-state index contributed by atoms with van der Waals surface area (Å²) in [6, 6.07) is 8.85. The maximum Gasteiger partial charge on any atom is 0.322 e. The van der Waals surface area contributed by atoms with Crippen LogP contribution in [0.4, 0.5) is 5.82 Å². The number of amidine groups is 1. The number of pyridine rings is 1. The van der Waals surface area contributed by atoms with Crippen molar-refractivity contribution in [2.24, 2.45) is 9.98 Å². The molecular weight excluding hydrogens is 544 g/mol. The van der Waals surface area contributed by atoms with E-state index in [1.165, 1.54) is 11.3 Å². The fraction of sp³-hybridized carbons (Fsp3) is 0.500. The minimum absolute atomic E-state index is 0.143. The lowest BCUT2D eigenvalue weighted by molar-refractivity contribution is -0.139. The van der Waals surface area contributed by atoms with Gasteiger partial charge in [-0.05, 0) is 61.4 Å². The summed E-state index contributed by atoms with van der Waals surface area (Å²) >= 11 is 0. The van der Waals surface area contributed by atoms with Gasteiger partial charge in [-0.2, -0.15) is 0 Å². The lowest BCUT2D eigenvalue weighted by Crippen LogP contribution is -2.50. The van der Waals surface area contributed by atoms with Gasteiger partial charge in [0, 0.05) is 49.9 Å². The number of aliphatic carboxylic acids is 1. The SMILES string of the molecule is CCC1=C(NC[C@H](NCC2CC=c3cccc(O)c3=N2)C(=O)O)NCN=C1N1CCC(c2ccc3c(n2)NCCC3)CC1. The Kier molecular flexibility index (Phi) is 8.78. The third-order valence-electron chi connectivity index (χ3n) is 8.89. The van der Waals surface area contributed by atoms with Crippen LogP contribution in [0.3, 0.4) is 0 Å². The van der Waals surface area contributed by atoms with Gasteiger partial charge in [0.05, 0.1) is 6.04 Å². The van der Waals surface area contributed by atoms with Crippen LogP contribution < -0.4 is 31.8 Å². The van der Waals surface area contributed by atoms with Crippen LogP contribution in [0.25, 0.3) is 6.08 Å². The van der Waals surface area contributed by atoms with Gasteiger partial charge in [0.25, 0.3) is 0 Å². The van der Waals surface area contributed by atoms with E-state index >= 15 is 0 Å². The topological polar surface area (TPSA) is 146 Å². The van der Waals surface area contributed by atoms with Crippen LogP contribution in [-0.4, -0.2) is 83.4 Å². The quantitative estimate of drug-likeness (QED) is 0.257. The molecule has 1 unspecified atom stereocenters. The summed E-state index contributed by atoms with van der Waals surface area (Å²) in [4.78, 5) is 29.0. The minimum atomic E-state index is -0.924. The van der Waals surface area contributed by atoms with Gasteiger partial charge in [0.15, 0.2) is 0 Å². The molecule has 4 aliphatic heterocycles. The van der Waals surface area contributed by atoms with Gasteiger partial charge >= 0.3 is 5.97 Å². The van der Waals surface area contributed by atoms with Crippen LogP contribution in [0.5, 0.6) is 5.75 Å². The molecule has 1 aromatic carbocycles. The molecule has 0 saturated carbocycles. The van der Waals surface area contributed by atoms with Crippen LogP contribution in [0.2, 0.25) is 0 Å². The Morgan fingerprint density at radius 2 is 2.05 bits per heavy atom. The molecule has 2 aromatic rings. The van der Waals surface area contributed by atoms with Crippen LogP contribution in [0, 0.1) is 0 Å². The van der Waals surface area contributed by atoms with E-state index in [0.29, 0.717) is 30.9 Å². The summed E-state index contributed by atoms with van der Waals surface area (Å²) < 4.78 is 0. The molecule has 1 saturated heterocycles. The number of carboxylic acid groups (broad SMARTS) is 1. The third kappa shape index (κ3) is 6.46. The highest BCUT2D eigenvalue weighted by molar-refractivity contribution is 5.99. The molecule has 6 N–H and O–H groups in total. The van der Waals surface area contributed by atoms with Crippen molar-refractivity contribution in [3.8, 4) is 5.75 Å². The smallest absolute Gasteiger partial charge is 0.322 e. The highest BCUT2D eigenvalue weighted by Gasteiger charge is 2.29. The van der Waals surface area contributed by atoms with Crippen molar-refractivity contribution in [1.29, 1.82) is 0 Å². The van der Waals surface area contributed by atoms with Crippen LogP contribution in [0.1, 0.15) is 56.2 Å². The first-order chi connectivity index (χ1) is 21.0. The lowest BCUT2D eigenvalue weighted by atomic mass is 9.91. The third-order valence-corrected chi connectivity index (χ3v) is 8.89. The molecule has 0 aliphatic carbocycles. The van der Waals surface area contributed by atoms with Crippen LogP contribution in [0.15, 0.2) is 51.7 Å². The van der Waals surface area contributed by atoms with E-state index in [2.05, 4.69) is 50.2 Å². The molecule has 11 nitrogen and oxygen atoms in total. The van der Waals surface area contributed by atoms with Gasteiger partial charge in [-0.3, -0.25) is 9.79 Å². The van der Waals surface area contributed by atoms with Crippen molar-refractivity contribution in [2.45, 2.75) is 63.5 Å². The first kappa shape index (κ1) is 29.0. The molecule has 5 heterocycles. The van der Waals surface area contributed by atoms with Crippen molar-refractivity contribution in [3.63, 3.8) is 0 Å². The first-order valence-electron chi connectivity index (χ1n) is 15.6. The fourth-order valence-electron chi connectivity index (χ4n) is 6.47. The Morgan fingerprint density at radius 3 is 2.86 bits per heavy atom. The number of phenolic OH excluding ortho intramolecular Hbond substituents is 1. The number of hydrogen-bond acceptors (Lipinski definition) is 10. The Bertz CT molecular complexity index is 1530. The normalized spacial score (nSPS) is 20.8.